The van der Waals surface area contributed by atoms with Gasteiger partial charge < -0.3 is 20.4 Å². The Morgan fingerprint density at radius 2 is 1.62 bits per heavy atom. The zero-order chi connectivity index (χ0) is 29.0. The molecule has 2 unspecified atom stereocenters. The highest BCUT2D eigenvalue weighted by Gasteiger charge is 2.35. The van der Waals surface area contributed by atoms with Crippen LogP contribution in [-0.2, 0) is 22.3 Å². The summed E-state index contributed by atoms with van der Waals surface area (Å²) in [5.41, 5.74) is 2.45. The van der Waals surface area contributed by atoms with Crippen LogP contribution in [0.3, 0.4) is 0 Å². The van der Waals surface area contributed by atoms with E-state index in [4.69, 9.17) is 0 Å². The lowest BCUT2D eigenvalue weighted by Gasteiger charge is -2.28. The van der Waals surface area contributed by atoms with Crippen LogP contribution in [0.5, 0.6) is 0 Å². The maximum Gasteiger partial charge on any atom is 0.253 e. The number of nitrogens with one attached hydrogen (secondary N) is 2. The molecule has 2 aromatic rings. The average molecular weight is 570 g/mol. The minimum Gasteiger partial charge on any atom is -0.353 e. The number of nitrogens with zero attached hydrogens (tertiary/aromatic N) is 1. The predicted molar refractivity (Wildman–Crippen MR) is 163 cm³/mol. The van der Waals surface area contributed by atoms with Crippen LogP contribution < -0.4 is 10.6 Å². The number of carbonyl (C=O) groups excluding carboxylic acids is 2. The van der Waals surface area contributed by atoms with E-state index >= 15 is 0 Å². The molecular formula is C32H48N3O4P. The van der Waals surface area contributed by atoms with Gasteiger partial charge in [-0.25, -0.2) is 0 Å². The minimum atomic E-state index is -3.78. The minimum absolute atomic E-state index is 0.0111. The molecule has 40 heavy (non-hydrogen) atoms. The second kappa shape index (κ2) is 16.1. The Hall–Kier alpha value is -2.47. The molecule has 1 fully saturated rings. The van der Waals surface area contributed by atoms with Crippen LogP contribution in [0.1, 0.15) is 87.2 Å². The van der Waals surface area contributed by atoms with Crippen molar-refractivity contribution < 1.29 is 19.0 Å². The summed E-state index contributed by atoms with van der Waals surface area (Å²) in [5, 5.41) is 6.43. The van der Waals surface area contributed by atoms with Gasteiger partial charge in [-0.3, -0.25) is 14.2 Å². The molecule has 8 heteroatoms. The highest BCUT2D eigenvalue weighted by Crippen LogP contribution is 2.48. The van der Waals surface area contributed by atoms with E-state index in [-0.39, 0.29) is 24.0 Å². The summed E-state index contributed by atoms with van der Waals surface area (Å²) in [6.07, 6.45) is 7.46. The fourth-order valence-electron chi connectivity index (χ4n) is 5.48. The number of amides is 2. The molecule has 1 saturated carbocycles. The van der Waals surface area contributed by atoms with E-state index in [0.717, 1.165) is 49.7 Å². The quantitative estimate of drug-likeness (QED) is 0.230. The molecule has 0 radical (unpaired) electrons. The van der Waals surface area contributed by atoms with Crippen LogP contribution in [-0.4, -0.2) is 52.7 Å². The number of benzene rings is 2. The maximum atomic E-state index is 13.8. The van der Waals surface area contributed by atoms with Crippen molar-refractivity contribution in [3.8, 4) is 0 Å². The van der Waals surface area contributed by atoms with Gasteiger partial charge in [-0.15, -0.1) is 0 Å². The first-order valence-corrected chi connectivity index (χ1v) is 16.9. The number of hydrogen-bond donors (Lipinski definition) is 3. The SMILES string of the molecule is CCCN(CCC)C(=O)c1cccc(CN[C@@H](Cc2ccccc2)P(=O)(O)CC(C)C(=O)NC2CCCCC2)c1. The number of carbonyl (C=O) groups is 2. The van der Waals surface area contributed by atoms with E-state index in [9.17, 15) is 19.0 Å². The van der Waals surface area contributed by atoms with Crippen molar-refractivity contribution in [2.75, 3.05) is 19.3 Å². The second-order valence-electron chi connectivity index (χ2n) is 11.3. The van der Waals surface area contributed by atoms with Crippen LogP contribution in [0.2, 0.25) is 0 Å². The second-order valence-corrected chi connectivity index (χ2v) is 13.8. The fraction of sp³-hybridized carbons (Fsp3) is 0.562. The molecule has 3 N–H and O–H groups in total. The molecule has 220 valence electrons. The van der Waals surface area contributed by atoms with E-state index in [1.54, 1.807) is 6.92 Å². The van der Waals surface area contributed by atoms with Crippen LogP contribution >= 0.6 is 7.37 Å². The third kappa shape index (κ3) is 9.87. The van der Waals surface area contributed by atoms with Crippen LogP contribution in [0, 0.1) is 5.92 Å². The Morgan fingerprint density at radius 3 is 2.27 bits per heavy atom. The third-order valence-corrected chi connectivity index (χ3v) is 10.1. The Bertz CT molecular complexity index is 1110. The van der Waals surface area contributed by atoms with Gasteiger partial charge >= 0.3 is 0 Å². The Kier molecular flexibility index (Phi) is 12.9. The van der Waals surface area contributed by atoms with Gasteiger partial charge in [0.05, 0.1) is 5.78 Å². The van der Waals surface area contributed by atoms with Crippen molar-refractivity contribution in [3.05, 3.63) is 71.3 Å². The summed E-state index contributed by atoms with van der Waals surface area (Å²) in [6.45, 7) is 7.65. The van der Waals surface area contributed by atoms with Crippen LogP contribution in [0.15, 0.2) is 54.6 Å². The van der Waals surface area contributed by atoms with Crippen molar-refractivity contribution >= 4 is 19.2 Å². The standard InChI is InChI=1S/C32H48N3O4P/c1-4-19-35(20-5-2)32(37)28-16-12-15-27(21-28)23-33-30(22-26-13-8-6-9-14-26)40(38,39)24-25(3)31(36)34-29-17-10-7-11-18-29/h6,8-9,12-16,21,25,29-30,33H,4-5,7,10-11,17-20,22-24H2,1-3H3,(H,34,36)(H,38,39)/t25?,30-/m1/s1. The Balaban J connectivity index is 1.71. The van der Waals surface area contributed by atoms with E-state index < -0.39 is 19.1 Å². The van der Waals surface area contributed by atoms with Gasteiger partial charge in [-0.1, -0.05) is 82.5 Å². The highest BCUT2D eigenvalue weighted by atomic mass is 31.2. The average Bonchev–Trinajstić information content (AvgIpc) is 2.95. The highest BCUT2D eigenvalue weighted by molar-refractivity contribution is 7.58. The smallest absolute Gasteiger partial charge is 0.253 e. The zero-order valence-corrected chi connectivity index (χ0v) is 25.4. The normalized spacial score (nSPS) is 17.0. The Labute approximate surface area is 240 Å². The van der Waals surface area contributed by atoms with Gasteiger partial charge in [0.15, 0.2) is 0 Å². The summed E-state index contributed by atoms with van der Waals surface area (Å²) >= 11 is 0. The first kappa shape index (κ1) is 32.0. The molecular weight excluding hydrogens is 521 g/mol. The molecule has 3 rings (SSSR count). The van der Waals surface area contributed by atoms with Gasteiger partial charge in [0, 0.05) is 43.3 Å². The summed E-state index contributed by atoms with van der Waals surface area (Å²) in [4.78, 5) is 39.2. The molecule has 0 bridgehead atoms. The molecule has 0 saturated heterocycles. The van der Waals surface area contributed by atoms with Gasteiger partial charge in [-0.05, 0) is 55.4 Å². The molecule has 1 aliphatic carbocycles. The zero-order valence-electron chi connectivity index (χ0n) is 24.5. The number of rotatable bonds is 15. The molecule has 2 aromatic carbocycles. The first-order chi connectivity index (χ1) is 19.2. The van der Waals surface area contributed by atoms with Gasteiger partial charge in [0.1, 0.15) is 0 Å². The largest absolute Gasteiger partial charge is 0.353 e. The molecule has 0 heterocycles. The van der Waals surface area contributed by atoms with Gasteiger partial charge in [-0.2, -0.15) is 0 Å². The van der Waals surface area contributed by atoms with Gasteiger partial charge in [0.2, 0.25) is 13.3 Å². The molecule has 7 nitrogen and oxygen atoms in total. The van der Waals surface area contributed by atoms with E-state index in [1.807, 2.05) is 59.5 Å². The maximum absolute atomic E-state index is 13.8. The van der Waals surface area contributed by atoms with E-state index in [1.165, 1.54) is 6.42 Å². The van der Waals surface area contributed by atoms with Crippen LogP contribution in [0.4, 0.5) is 0 Å². The van der Waals surface area contributed by atoms with E-state index in [2.05, 4.69) is 24.5 Å². The topological polar surface area (TPSA) is 98.7 Å². The molecule has 1 aliphatic rings. The van der Waals surface area contributed by atoms with Crippen molar-refractivity contribution in [2.45, 2.75) is 90.5 Å². The Morgan fingerprint density at radius 1 is 0.975 bits per heavy atom. The lowest BCUT2D eigenvalue weighted by atomic mass is 9.95. The summed E-state index contributed by atoms with van der Waals surface area (Å²) in [5.74, 6) is -1.43. The molecule has 0 aliphatic heterocycles. The van der Waals surface area contributed by atoms with E-state index in [0.29, 0.717) is 31.6 Å². The summed E-state index contributed by atoms with van der Waals surface area (Å²) < 4.78 is 13.8. The van der Waals surface area contributed by atoms with Gasteiger partial charge in [0.25, 0.3) is 5.91 Å². The molecule has 0 aromatic heterocycles. The monoisotopic (exact) mass is 569 g/mol. The molecule has 3 atom stereocenters. The lowest BCUT2D eigenvalue weighted by Crippen LogP contribution is -2.41. The first-order valence-electron chi connectivity index (χ1n) is 15.0. The molecule has 2 amide bonds. The predicted octanol–water partition coefficient (Wildman–Crippen LogP) is 5.96. The number of hydrogen-bond acceptors (Lipinski definition) is 4. The third-order valence-electron chi connectivity index (χ3n) is 7.68. The lowest BCUT2D eigenvalue weighted by molar-refractivity contribution is -0.124. The van der Waals surface area contributed by atoms with Crippen molar-refractivity contribution in [1.29, 1.82) is 0 Å². The molecule has 0 spiro atoms. The fourth-order valence-corrected chi connectivity index (χ4v) is 7.55. The van der Waals surface area contributed by atoms with Crippen molar-refractivity contribution in [3.63, 3.8) is 0 Å². The van der Waals surface area contributed by atoms with Crippen molar-refractivity contribution in [2.24, 2.45) is 5.92 Å². The summed E-state index contributed by atoms with van der Waals surface area (Å²) in [6, 6.07) is 17.3. The summed E-state index contributed by atoms with van der Waals surface area (Å²) in [7, 11) is -3.78. The van der Waals surface area contributed by atoms with Crippen LogP contribution in [0.25, 0.3) is 0 Å². The van der Waals surface area contributed by atoms with Crippen molar-refractivity contribution in [1.82, 2.24) is 15.5 Å².